The molecule has 7 nitrogen and oxygen atoms in total. The monoisotopic (exact) mass is 374 g/mol. The fourth-order valence-corrected chi connectivity index (χ4v) is 3.03. The average molecular weight is 374 g/mol. The zero-order valence-corrected chi connectivity index (χ0v) is 16.5. The minimum atomic E-state index is -0.523. The van der Waals surface area contributed by atoms with Crippen LogP contribution in [0.15, 0.2) is 24.3 Å². The molecule has 1 heterocycles. The molecule has 2 rings (SSSR count). The first kappa shape index (κ1) is 20.9. The highest BCUT2D eigenvalue weighted by Gasteiger charge is 2.21. The van der Waals surface area contributed by atoms with Gasteiger partial charge in [0.1, 0.15) is 6.04 Å². The molecule has 0 aromatic heterocycles. The van der Waals surface area contributed by atoms with Gasteiger partial charge in [-0.05, 0) is 44.5 Å². The van der Waals surface area contributed by atoms with Crippen LogP contribution in [0.5, 0.6) is 0 Å². The number of carbonyl (C=O) groups is 3. The van der Waals surface area contributed by atoms with Crippen molar-refractivity contribution in [2.45, 2.75) is 33.2 Å². The molecule has 1 aromatic carbocycles. The van der Waals surface area contributed by atoms with Crippen LogP contribution in [0.1, 0.15) is 37.6 Å². The third-order valence-electron chi connectivity index (χ3n) is 4.70. The Morgan fingerprint density at radius 3 is 2.26 bits per heavy atom. The SMILES string of the molecule is CCCNC(=O)[C@H](C)NC(=O)CN1CCN(c2ccc(C(C)=O)cc2)CC1. The van der Waals surface area contributed by atoms with E-state index in [-0.39, 0.29) is 17.6 Å². The lowest BCUT2D eigenvalue weighted by atomic mass is 10.1. The number of ketones is 1. The Bertz CT molecular complexity index is 652. The number of hydrogen-bond acceptors (Lipinski definition) is 5. The van der Waals surface area contributed by atoms with Crippen molar-refractivity contribution >= 4 is 23.3 Å². The highest BCUT2D eigenvalue weighted by Crippen LogP contribution is 2.17. The molecule has 1 aromatic rings. The van der Waals surface area contributed by atoms with E-state index < -0.39 is 6.04 Å². The molecule has 1 atom stereocenters. The second-order valence-corrected chi connectivity index (χ2v) is 6.95. The van der Waals surface area contributed by atoms with E-state index in [1.165, 1.54) is 0 Å². The molecule has 7 heteroatoms. The number of nitrogens with zero attached hydrogens (tertiary/aromatic N) is 2. The van der Waals surface area contributed by atoms with Crippen LogP contribution in [0.3, 0.4) is 0 Å². The molecule has 0 spiro atoms. The Morgan fingerprint density at radius 2 is 1.70 bits per heavy atom. The summed E-state index contributed by atoms with van der Waals surface area (Å²) in [5.74, 6) is -0.215. The lowest BCUT2D eigenvalue weighted by Crippen LogP contribution is -2.52. The van der Waals surface area contributed by atoms with Crippen LogP contribution in [0.2, 0.25) is 0 Å². The number of Topliss-reactive ketones (excluding diaryl/α,β-unsaturated/α-hetero) is 1. The first-order chi connectivity index (χ1) is 12.9. The molecule has 0 saturated carbocycles. The number of benzene rings is 1. The van der Waals surface area contributed by atoms with Gasteiger partial charge in [-0.3, -0.25) is 19.3 Å². The van der Waals surface area contributed by atoms with Crippen LogP contribution < -0.4 is 15.5 Å². The molecule has 2 amide bonds. The van der Waals surface area contributed by atoms with E-state index in [1.807, 2.05) is 31.2 Å². The fourth-order valence-electron chi connectivity index (χ4n) is 3.03. The van der Waals surface area contributed by atoms with Crippen LogP contribution >= 0.6 is 0 Å². The topological polar surface area (TPSA) is 81.8 Å². The van der Waals surface area contributed by atoms with Crippen molar-refractivity contribution in [3.63, 3.8) is 0 Å². The van der Waals surface area contributed by atoms with E-state index >= 15 is 0 Å². The van der Waals surface area contributed by atoms with Crippen molar-refractivity contribution in [2.24, 2.45) is 0 Å². The fraction of sp³-hybridized carbons (Fsp3) is 0.550. The number of piperazine rings is 1. The average Bonchev–Trinajstić information content (AvgIpc) is 2.66. The number of amides is 2. The van der Waals surface area contributed by atoms with Gasteiger partial charge in [0.05, 0.1) is 6.54 Å². The van der Waals surface area contributed by atoms with E-state index in [0.29, 0.717) is 18.7 Å². The molecule has 0 bridgehead atoms. The lowest BCUT2D eigenvalue weighted by molar-refractivity contribution is -0.129. The Labute approximate surface area is 161 Å². The molecule has 0 aliphatic carbocycles. The van der Waals surface area contributed by atoms with Gasteiger partial charge in [-0.2, -0.15) is 0 Å². The summed E-state index contributed by atoms with van der Waals surface area (Å²) in [6.45, 7) is 9.35. The quantitative estimate of drug-likeness (QED) is 0.665. The highest BCUT2D eigenvalue weighted by molar-refractivity contribution is 5.94. The minimum absolute atomic E-state index is 0.0648. The second kappa shape index (κ2) is 10.1. The molecule has 27 heavy (non-hydrogen) atoms. The van der Waals surface area contributed by atoms with Crippen molar-refractivity contribution < 1.29 is 14.4 Å². The van der Waals surface area contributed by atoms with Crippen molar-refractivity contribution in [1.29, 1.82) is 0 Å². The van der Waals surface area contributed by atoms with Gasteiger partial charge in [-0.25, -0.2) is 0 Å². The molecule has 1 saturated heterocycles. The van der Waals surface area contributed by atoms with Crippen molar-refractivity contribution in [3.8, 4) is 0 Å². The summed E-state index contributed by atoms with van der Waals surface area (Å²) >= 11 is 0. The number of rotatable bonds is 8. The van der Waals surface area contributed by atoms with E-state index in [4.69, 9.17) is 0 Å². The summed E-state index contributed by atoms with van der Waals surface area (Å²) in [5, 5.41) is 5.54. The van der Waals surface area contributed by atoms with E-state index in [0.717, 1.165) is 38.3 Å². The summed E-state index contributed by atoms with van der Waals surface area (Å²) in [7, 11) is 0. The van der Waals surface area contributed by atoms with Gasteiger partial charge in [0.15, 0.2) is 5.78 Å². The summed E-state index contributed by atoms with van der Waals surface area (Å²) in [6.07, 6.45) is 0.869. The number of carbonyl (C=O) groups excluding carboxylic acids is 3. The van der Waals surface area contributed by atoms with Crippen molar-refractivity contribution in [3.05, 3.63) is 29.8 Å². The first-order valence-corrected chi connectivity index (χ1v) is 9.56. The highest BCUT2D eigenvalue weighted by atomic mass is 16.2. The molecule has 0 radical (unpaired) electrons. The minimum Gasteiger partial charge on any atom is -0.369 e. The van der Waals surface area contributed by atoms with Crippen LogP contribution in [0.4, 0.5) is 5.69 Å². The first-order valence-electron chi connectivity index (χ1n) is 9.56. The smallest absolute Gasteiger partial charge is 0.242 e. The van der Waals surface area contributed by atoms with Gasteiger partial charge in [-0.1, -0.05) is 6.92 Å². The molecule has 0 unspecified atom stereocenters. The number of nitrogens with one attached hydrogen (secondary N) is 2. The number of hydrogen-bond donors (Lipinski definition) is 2. The summed E-state index contributed by atoms with van der Waals surface area (Å²) < 4.78 is 0. The van der Waals surface area contributed by atoms with Crippen LogP contribution in [0.25, 0.3) is 0 Å². The Hall–Kier alpha value is -2.41. The largest absolute Gasteiger partial charge is 0.369 e. The van der Waals surface area contributed by atoms with E-state index in [2.05, 4.69) is 20.4 Å². The second-order valence-electron chi connectivity index (χ2n) is 6.95. The van der Waals surface area contributed by atoms with Crippen LogP contribution in [-0.2, 0) is 9.59 Å². The third-order valence-corrected chi connectivity index (χ3v) is 4.70. The summed E-state index contributed by atoms with van der Waals surface area (Å²) in [4.78, 5) is 39.7. The van der Waals surface area contributed by atoms with Gasteiger partial charge in [-0.15, -0.1) is 0 Å². The van der Waals surface area contributed by atoms with Crippen LogP contribution in [-0.4, -0.2) is 67.8 Å². The van der Waals surface area contributed by atoms with Crippen LogP contribution in [0, 0.1) is 0 Å². The molecule has 1 aliphatic rings. The van der Waals surface area contributed by atoms with E-state index in [1.54, 1.807) is 13.8 Å². The Kier molecular flexibility index (Phi) is 7.79. The summed E-state index contributed by atoms with van der Waals surface area (Å²) in [6, 6.07) is 7.11. The van der Waals surface area contributed by atoms with Crippen molar-refractivity contribution in [2.75, 3.05) is 44.2 Å². The molecule has 1 aliphatic heterocycles. The van der Waals surface area contributed by atoms with E-state index in [9.17, 15) is 14.4 Å². The van der Waals surface area contributed by atoms with Gasteiger partial charge >= 0.3 is 0 Å². The van der Waals surface area contributed by atoms with Gasteiger partial charge < -0.3 is 15.5 Å². The number of anilines is 1. The van der Waals surface area contributed by atoms with Gasteiger partial charge in [0.2, 0.25) is 11.8 Å². The van der Waals surface area contributed by atoms with Gasteiger partial charge in [0.25, 0.3) is 0 Å². The molecular formula is C20H30N4O3. The molecular weight excluding hydrogens is 344 g/mol. The third kappa shape index (κ3) is 6.36. The maximum Gasteiger partial charge on any atom is 0.242 e. The predicted molar refractivity (Wildman–Crippen MR) is 106 cm³/mol. The molecule has 2 N–H and O–H groups in total. The molecule has 148 valence electrons. The Morgan fingerprint density at radius 1 is 1.07 bits per heavy atom. The molecule has 1 fully saturated rings. The predicted octanol–water partition coefficient (Wildman–Crippen LogP) is 1.04. The van der Waals surface area contributed by atoms with Crippen molar-refractivity contribution in [1.82, 2.24) is 15.5 Å². The normalized spacial score (nSPS) is 15.9. The lowest BCUT2D eigenvalue weighted by Gasteiger charge is -2.35. The van der Waals surface area contributed by atoms with Gasteiger partial charge in [0, 0.05) is 44.0 Å². The Balaban J connectivity index is 1.76. The zero-order valence-electron chi connectivity index (χ0n) is 16.5. The maximum absolute atomic E-state index is 12.2. The maximum atomic E-state index is 12.2. The summed E-state index contributed by atoms with van der Waals surface area (Å²) in [5.41, 5.74) is 1.80. The zero-order chi connectivity index (χ0) is 19.8. The standard InChI is InChI=1S/C20H30N4O3/c1-4-9-21-20(27)15(2)22-19(26)14-23-10-12-24(13-11-23)18-7-5-17(6-8-18)16(3)25/h5-8,15H,4,9-14H2,1-3H3,(H,21,27)(H,22,26)/t15-/m0/s1.